The molecule has 0 aromatic carbocycles. The molecule has 1 atom stereocenters. The molecule has 1 nitrogen and oxygen atoms in total. The van der Waals surface area contributed by atoms with Gasteiger partial charge in [0.25, 0.3) is 0 Å². The van der Waals surface area contributed by atoms with Crippen molar-refractivity contribution in [2.75, 3.05) is 0 Å². The van der Waals surface area contributed by atoms with Gasteiger partial charge in [-0.1, -0.05) is 0 Å². The van der Waals surface area contributed by atoms with Crippen molar-refractivity contribution in [3.05, 3.63) is 12.3 Å². The summed E-state index contributed by atoms with van der Waals surface area (Å²) >= 11 is 6.92. The van der Waals surface area contributed by atoms with Crippen molar-refractivity contribution in [1.82, 2.24) is 4.72 Å². The van der Waals surface area contributed by atoms with Gasteiger partial charge < -0.3 is 4.72 Å². The maximum absolute atomic E-state index is 5.47. The topological polar surface area (TPSA) is 12.0 Å². The molecule has 0 aromatic heterocycles. The number of rotatable bonds is 0. The van der Waals surface area contributed by atoms with Gasteiger partial charge in [0.15, 0.2) is 0 Å². The summed E-state index contributed by atoms with van der Waals surface area (Å²) in [5, 5.41) is 0. The third-order valence-corrected chi connectivity index (χ3v) is 1.44. The minimum Gasteiger partial charge on any atom is -0.335 e. The molecule has 0 aliphatic carbocycles. The predicted octanol–water partition coefficient (Wildman–Crippen LogP) is 1.12. The number of alkyl halides is 1. The van der Waals surface area contributed by atoms with E-state index in [0.717, 1.165) is 0 Å². The summed E-state index contributed by atoms with van der Waals surface area (Å²) in [6.45, 7) is 0. The summed E-state index contributed by atoms with van der Waals surface area (Å²) in [5.74, 6) is 0. The molecule has 1 aliphatic heterocycles. The van der Waals surface area contributed by atoms with Crippen LogP contribution in [0.1, 0.15) is 0 Å². The number of hydrogen-bond acceptors (Lipinski definition) is 2. The molecule has 0 fully saturated rings. The number of halogens is 1. The van der Waals surface area contributed by atoms with Gasteiger partial charge in [0.2, 0.25) is 0 Å². The van der Waals surface area contributed by atoms with Crippen LogP contribution in [0.2, 0.25) is 0 Å². The first kappa shape index (κ1) is 4.34. The van der Waals surface area contributed by atoms with E-state index in [1.165, 1.54) is 11.9 Å². The van der Waals surface area contributed by atoms with E-state index in [1.807, 2.05) is 0 Å². The van der Waals surface area contributed by atoms with Gasteiger partial charge in [-0.25, -0.2) is 0 Å². The van der Waals surface area contributed by atoms with Crippen molar-refractivity contribution in [3.63, 3.8) is 0 Å². The first-order chi connectivity index (χ1) is 2.89. The molecule has 1 unspecified atom stereocenters. The first-order valence-corrected chi connectivity index (χ1v) is 2.84. The molecular weight excluding hydrogens is 118 g/mol. The molecular formula is C3H3ClNS. The third kappa shape index (κ3) is 0.820. The van der Waals surface area contributed by atoms with Crippen LogP contribution in [0, 0.1) is 6.08 Å². The van der Waals surface area contributed by atoms with Crippen LogP contribution in [0.25, 0.3) is 0 Å². The lowest BCUT2D eigenvalue weighted by Gasteiger charge is -1.87. The van der Waals surface area contributed by atoms with Gasteiger partial charge in [-0.05, 0) is 11.9 Å². The van der Waals surface area contributed by atoms with E-state index in [1.54, 1.807) is 6.20 Å². The summed E-state index contributed by atoms with van der Waals surface area (Å²) < 4.78 is 2.84. The highest BCUT2D eigenvalue weighted by molar-refractivity contribution is 7.99. The summed E-state index contributed by atoms with van der Waals surface area (Å²) in [7, 11) is 0. The zero-order valence-electron chi connectivity index (χ0n) is 2.94. The Morgan fingerprint density at radius 1 is 2.00 bits per heavy atom. The Morgan fingerprint density at radius 3 is 3.00 bits per heavy atom. The number of hydrogen-bond donors (Lipinski definition) is 1. The Hall–Kier alpha value is 0.180. The minimum atomic E-state index is 0.0185. The quantitative estimate of drug-likeness (QED) is 0.380. The Morgan fingerprint density at radius 2 is 2.83 bits per heavy atom. The molecule has 0 bridgehead atoms. The Labute approximate surface area is 45.9 Å². The molecule has 0 aromatic rings. The lowest BCUT2D eigenvalue weighted by Crippen LogP contribution is -1.84. The van der Waals surface area contributed by atoms with E-state index in [4.69, 9.17) is 11.6 Å². The monoisotopic (exact) mass is 120 g/mol. The van der Waals surface area contributed by atoms with Crippen molar-refractivity contribution in [3.8, 4) is 0 Å². The molecule has 1 N–H and O–H groups in total. The molecule has 1 aliphatic rings. The highest BCUT2D eigenvalue weighted by Gasteiger charge is 2.02. The van der Waals surface area contributed by atoms with Crippen molar-refractivity contribution < 1.29 is 0 Å². The lowest BCUT2D eigenvalue weighted by atomic mass is 10.7. The van der Waals surface area contributed by atoms with Crippen molar-refractivity contribution in [2.45, 2.75) is 4.71 Å². The Bertz CT molecular complexity index is 73.2. The molecule has 1 radical (unpaired) electrons. The second kappa shape index (κ2) is 1.76. The molecule has 1 rings (SSSR count). The van der Waals surface area contributed by atoms with Crippen molar-refractivity contribution in [2.24, 2.45) is 0 Å². The van der Waals surface area contributed by atoms with E-state index >= 15 is 0 Å². The standard InChI is InChI=1S/C3H3ClNS/c4-3-1-2-5-6-3/h2-3,5H. The van der Waals surface area contributed by atoms with Crippen LogP contribution in [0.5, 0.6) is 0 Å². The molecule has 0 saturated carbocycles. The second-order valence-electron chi connectivity index (χ2n) is 0.863. The third-order valence-electron chi connectivity index (χ3n) is 0.445. The smallest absolute Gasteiger partial charge is 0.125 e. The van der Waals surface area contributed by atoms with Gasteiger partial charge in [-0.2, -0.15) is 0 Å². The van der Waals surface area contributed by atoms with Gasteiger partial charge in [-0.15, -0.1) is 11.6 Å². The minimum absolute atomic E-state index is 0.0185. The van der Waals surface area contributed by atoms with Crippen LogP contribution in [-0.2, 0) is 0 Å². The van der Waals surface area contributed by atoms with Gasteiger partial charge in [0, 0.05) is 12.3 Å². The fraction of sp³-hybridized carbons (Fsp3) is 0.333. The van der Waals surface area contributed by atoms with Crippen LogP contribution in [-0.4, -0.2) is 4.71 Å². The highest BCUT2D eigenvalue weighted by atomic mass is 35.5. The maximum atomic E-state index is 5.47. The average Bonchev–Trinajstić information content (AvgIpc) is 1.86. The van der Waals surface area contributed by atoms with E-state index < -0.39 is 0 Å². The molecule has 33 valence electrons. The largest absolute Gasteiger partial charge is 0.335 e. The van der Waals surface area contributed by atoms with E-state index in [-0.39, 0.29) is 4.71 Å². The van der Waals surface area contributed by atoms with Gasteiger partial charge >= 0.3 is 0 Å². The lowest BCUT2D eigenvalue weighted by molar-refractivity contribution is 1.44. The molecule has 3 heteroatoms. The Kier molecular flexibility index (Phi) is 1.27. The van der Waals surface area contributed by atoms with Crippen LogP contribution >= 0.6 is 23.5 Å². The molecule has 1 heterocycles. The molecule has 0 spiro atoms. The first-order valence-electron chi connectivity index (χ1n) is 1.52. The normalized spacial score (nSPS) is 30.5. The SMILES string of the molecule is ClC1[C]=CNS1. The van der Waals surface area contributed by atoms with Crippen LogP contribution in [0.15, 0.2) is 6.20 Å². The van der Waals surface area contributed by atoms with Gasteiger partial charge in [0.05, 0.1) is 0 Å². The number of nitrogens with one attached hydrogen (secondary N) is 1. The zero-order valence-corrected chi connectivity index (χ0v) is 4.51. The molecule has 0 saturated heterocycles. The van der Waals surface area contributed by atoms with Crippen LogP contribution < -0.4 is 4.72 Å². The predicted molar refractivity (Wildman–Crippen MR) is 28.2 cm³/mol. The fourth-order valence-electron chi connectivity index (χ4n) is 0.227. The van der Waals surface area contributed by atoms with Crippen molar-refractivity contribution >= 4 is 23.5 Å². The summed E-state index contributed by atoms with van der Waals surface area (Å²) in [5.41, 5.74) is 0. The molecule has 6 heavy (non-hydrogen) atoms. The maximum Gasteiger partial charge on any atom is 0.125 e. The average molecular weight is 121 g/mol. The summed E-state index contributed by atoms with van der Waals surface area (Å²) in [4.78, 5) is 0. The summed E-state index contributed by atoms with van der Waals surface area (Å²) in [6, 6.07) is 0. The van der Waals surface area contributed by atoms with E-state index in [2.05, 4.69) is 10.8 Å². The van der Waals surface area contributed by atoms with Crippen molar-refractivity contribution in [1.29, 1.82) is 0 Å². The molecule has 0 amide bonds. The fourth-order valence-corrected chi connectivity index (χ4v) is 0.836. The zero-order chi connectivity index (χ0) is 4.41. The van der Waals surface area contributed by atoms with Gasteiger partial charge in [0.1, 0.15) is 4.71 Å². The Balaban J connectivity index is 2.38. The van der Waals surface area contributed by atoms with Crippen LogP contribution in [0.4, 0.5) is 0 Å². The summed E-state index contributed by atoms with van der Waals surface area (Å²) in [6.07, 6.45) is 4.52. The van der Waals surface area contributed by atoms with E-state index in [0.29, 0.717) is 0 Å². The van der Waals surface area contributed by atoms with E-state index in [9.17, 15) is 0 Å². The van der Waals surface area contributed by atoms with Gasteiger partial charge in [-0.3, -0.25) is 0 Å². The van der Waals surface area contributed by atoms with Crippen LogP contribution in [0.3, 0.4) is 0 Å². The second-order valence-corrected chi connectivity index (χ2v) is 2.50. The highest BCUT2D eigenvalue weighted by Crippen LogP contribution is 2.15.